The minimum Gasteiger partial charge on any atom is -0.458 e. The molecule has 8 atom stereocenters. The van der Waals surface area contributed by atoms with Gasteiger partial charge < -0.3 is 9.64 Å². The first-order chi connectivity index (χ1) is 24.7. The van der Waals surface area contributed by atoms with Crippen molar-refractivity contribution in [1.82, 2.24) is 4.90 Å². The molecule has 0 amide bonds. The number of nitrogens with zero attached hydrogens (tertiary/aromatic N) is 1. The number of alkyl halides is 1. The first kappa shape index (κ1) is 38.5. The van der Waals surface area contributed by atoms with Gasteiger partial charge in [0.15, 0.2) is 5.78 Å². The van der Waals surface area contributed by atoms with Crippen LogP contribution in [0.15, 0.2) is 34.4 Å². The van der Waals surface area contributed by atoms with Gasteiger partial charge in [-0.15, -0.1) is 0 Å². The first-order valence-corrected chi connectivity index (χ1v) is 21.8. The summed E-state index contributed by atoms with van der Waals surface area (Å²) in [5.74, 6) is 2.56. The number of hydrogen-bond acceptors (Lipinski definition) is 4. The Labute approximate surface area is 316 Å². The second kappa shape index (κ2) is 14.1. The number of carbonyl (C=O) groups excluding carboxylic acids is 2. The summed E-state index contributed by atoms with van der Waals surface area (Å²) in [4.78, 5) is 27.9. The molecule has 4 fully saturated rings. The van der Waals surface area contributed by atoms with E-state index in [2.05, 4.69) is 65.5 Å². The lowest BCUT2D eigenvalue weighted by molar-refractivity contribution is -0.199. The maximum atomic E-state index is 14.1. The van der Waals surface area contributed by atoms with Crippen molar-refractivity contribution in [3.63, 3.8) is 0 Å². The van der Waals surface area contributed by atoms with Crippen LogP contribution in [0.25, 0.3) is 0 Å². The minimum absolute atomic E-state index is 0.0279. The summed E-state index contributed by atoms with van der Waals surface area (Å²) >= 11 is 0. The predicted octanol–water partition coefficient (Wildman–Crippen LogP) is 11.5. The fourth-order valence-electron chi connectivity index (χ4n) is 14.8. The van der Waals surface area contributed by atoms with Gasteiger partial charge >= 0.3 is 0 Å². The van der Waals surface area contributed by atoms with E-state index >= 15 is 0 Å². The van der Waals surface area contributed by atoms with Gasteiger partial charge in [-0.05, 0) is 171 Å². The fraction of sp³-hybridized carbons (Fsp3) is 0.830. The Morgan fingerprint density at radius 3 is 2.33 bits per heavy atom. The number of halogens is 1. The molecule has 0 radical (unpaired) electrons. The van der Waals surface area contributed by atoms with Gasteiger partial charge in [0, 0.05) is 12.8 Å². The van der Waals surface area contributed by atoms with Crippen molar-refractivity contribution in [3.8, 4) is 0 Å². The normalized spacial score (nSPS) is 41.8. The third kappa shape index (κ3) is 5.98. The molecular weight excluding hydrogens is 646 g/mol. The van der Waals surface area contributed by atoms with Gasteiger partial charge in [-0.25, -0.2) is 4.39 Å². The van der Waals surface area contributed by atoms with E-state index in [1.54, 1.807) is 5.57 Å². The minimum atomic E-state index is -0.987. The van der Waals surface area contributed by atoms with E-state index in [0.717, 1.165) is 19.3 Å². The van der Waals surface area contributed by atoms with Gasteiger partial charge in [-0.1, -0.05) is 85.5 Å². The van der Waals surface area contributed by atoms with E-state index in [1.165, 1.54) is 120 Å². The highest BCUT2D eigenvalue weighted by Gasteiger charge is 2.69. The Balaban J connectivity index is 1.13. The number of hydrogen-bond donors (Lipinski definition) is 0. The topological polar surface area (TPSA) is 46.6 Å². The lowest BCUT2D eigenvalue weighted by Gasteiger charge is -2.71. The molecule has 0 unspecified atom stereocenters. The Hall–Kier alpha value is -1.75. The molecule has 1 aliphatic heterocycles. The average molecular weight is 718 g/mol. The van der Waals surface area contributed by atoms with Crippen molar-refractivity contribution >= 4 is 12.3 Å². The highest BCUT2D eigenvalue weighted by Crippen LogP contribution is 2.77. The molecule has 0 N–H and O–H groups in total. The van der Waals surface area contributed by atoms with Crippen LogP contribution in [0.3, 0.4) is 0 Å². The van der Waals surface area contributed by atoms with E-state index < -0.39 is 12.3 Å². The number of ether oxygens (including phenoxy) is 1. The molecule has 1 heterocycles. The van der Waals surface area contributed by atoms with Crippen LogP contribution in [0.2, 0.25) is 0 Å². The number of ketones is 1. The smallest absolute Gasteiger partial charge is 0.293 e. The predicted molar refractivity (Wildman–Crippen MR) is 209 cm³/mol. The summed E-state index contributed by atoms with van der Waals surface area (Å²) in [6.07, 6.45) is 25.1. The van der Waals surface area contributed by atoms with E-state index in [4.69, 9.17) is 4.74 Å². The third-order valence-electron chi connectivity index (χ3n) is 17.7. The standard InChI is InChI=1S/C47H72FNO3/c1-33(2)40-37(51)30-46(20-10-8-11-27-49-28-12-9-13-29-49)26-25-44(6)36(41(40)46)14-15-39-43(5)21-18-35(42(3,4)38(43)19-22-45(39,44)7)34-16-23-47(31-48,24-17-34)52-32-50/h16,18,32-33,36,38-39H,8-15,17,19-31H2,1-7H3/t36-,38+,39-,43+,44-,45-,46+,47+/m1/s1. The largest absolute Gasteiger partial charge is 0.458 e. The van der Waals surface area contributed by atoms with E-state index in [1.807, 2.05) is 0 Å². The van der Waals surface area contributed by atoms with Gasteiger partial charge in [-0.2, -0.15) is 0 Å². The second-order valence-corrected chi connectivity index (χ2v) is 20.7. The maximum Gasteiger partial charge on any atom is 0.293 e. The van der Waals surface area contributed by atoms with Crippen LogP contribution in [-0.2, 0) is 14.3 Å². The van der Waals surface area contributed by atoms with Crippen LogP contribution in [0.5, 0.6) is 0 Å². The molecule has 52 heavy (non-hydrogen) atoms. The van der Waals surface area contributed by atoms with Gasteiger partial charge in [0.1, 0.15) is 12.3 Å². The Morgan fingerprint density at radius 1 is 0.885 bits per heavy atom. The summed E-state index contributed by atoms with van der Waals surface area (Å²) in [6.45, 7) is 21.2. The van der Waals surface area contributed by atoms with E-state index in [9.17, 15) is 14.0 Å². The fourth-order valence-corrected chi connectivity index (χ4v) is 14.8. The lowest BCUT2D eigenvalue weighted by Crippen LogP contribution is -2.64. The van der Waals surface area contributed by atoms with Crippen molar-refractivity contribution in [3.05, 3.63) is 34.4 Å². The van der Waals surface area contributed by atoms with Crippen LogP contribution >= 0.6 is 0 Å². The van der Waals surface area contributed by atoms with Gasteiger partial charge in [0.25, 0.3) is 6.47 Å². The lowest BCUT2D eigenvalue weighted by atomic mass is 9.33. The summed E-state index contributed by atoms with van der Waals surface area (Å²) in [7, 11) is 0. The summed E-state index contributed by atoms with van der Waals surface area (Å²) < 4.78 is 19.3. The quantitative estimate of drug-likeness (QED) is 0.158. The zero-order chi connectivity index (χ0) is 37.2. The molecule has 0 aromatic carbocycles. The number of unbranched alkanes of at least 4 members (excludes halogenated alkanes) is 2. The summed E-state index contributed by atoms with van der Waals surface area (Å²) in [6, 6.07) is 0. The molecule has 3 saturated carbocycles. The molecule has 5 heteroatoms. The molecule has 0 aromatic heterocycles. The highest BCUT2D eigenvalue weighted by atomic mass is 19.1. The molecule has 7 aliphatic rings. The molecule has 4 nitrogen and oxygen atoms in total. The zero-order valence-electron chi connectivity index (χ0n) is 34.1. The van der Waals surface area contributed by atoms with E-state index in [0.29, 0.717) is 48.8 Å². The van der Waals surface area contributed by atoms with Crippen molar-refractivity contribution in [2.24, 2.45) is 50.7 Å². The zero-order valence-corrected chi connectivity index (χ0v) is 34.1. The number of rotatable bonds is 11. The van der Waals surface area contributed by atoms with Crippen LogP contribution in [-0.4, -0.2) is 49.1 Å². The number of fused-ring (bicyclic) bond motifs is 7. The summed E-state index contributed by atoms with van der Waals surface area (Å²) in [5.41, 5.74) is 5.52. The van der Waals surface area contributed by atoms with Gasteiger partial charge in [0.2, 0.25) is 0 Å². The van der Waals surface area contributed by atoms with Crippen LogP contribution < -0.4 is 0 Å². The maximum absolute atomic E-state index is 14.1. The Bertz CT molecular complexity index is 1480. The van der Waals surface area contributed by atoms with Crippen molar-refractivity contribution < 1.29 is 18.7 Å². The van der Waals surface area contributed by atoms with Crippen molar-refractivity contribution in [2.45, 2.75) is 170 Å². The second-order valence-electron chi connectivity index (χ2n) is 20.7. The van der Waals surface area contributed by atoms with Crippen LogP contribution in [0.1, 0.15) is 164 Å². The van der Waals surface area contributed by atoms with Crippen LogP contribution in [0.4, 0.5) is 4.39 Å². The molecular formula is C47H72FNO3. The number of likely N-dealkylation sites (tertiary alicyclic amines) is 1. The third-order valence-corrected chi connectivity index (χ3v) is 17.7. The first-order valence-electron chi connectivity index (χ1n) is 21.8. The molecule has 0 spiro atoms. The number of carbonyl (C=O) groups is 2. The number of Topliss-reactive ketones (excluding diaryl/α,β-unsaturated/α-hetero) is 1. The SMILES string of the molecule is CC(C)C1=C2[C@H]3CC[C@@H]4[C@@]5(C)CC=C(C6=CC[C@](CF)(OC=O)CC6)C(C)(C)[C@@H]5CC[C@@]4(C)[C@]3(C)CC[C@@]2(CCCCCN2CCCCC2)CC1=O. The monoisotopic (exact) mass is 718 g/mol. The van der Waals surface area contributed by atoms with Gasteiger partial charge in [-0.3, -0.25) is 9.59 Å². The molecule has 290 valence electrons. The average Bonchev–Trinajstić information content (AvgIpc) is 3.41. The molecule has 0 bridgehead atoms. The Morgan fingerprint density at radius 2 is 1.65 bits per heavy atom. The molecule has 1 saturated heterocycles. The van der Waals surface area contributed by atoms with Crippen molar-refractivity contribution in [1.29, 1.82) is 0 Å². The number of piperidine rings is 1. The molecule has 7 rings (SSSR count). The highest BCUT2D eigenvalue weighted by molar-refractivity contribution is 6.00. The van der Waals surface area contributed by atoms with Crippen LogP contribution in [0, 0.1) is 50.7 Å². The van der Waals surface area contributed by atoms with E-state index in [-0.39, 0.29) is 27.1 Å². The Kier molecular flexibility index (Phi) is 10.4. The van der Waals surface area contributed by atoms with Gasteiger partial charge in [0.05, 0.1) is 0 Å². The summed E-state index contributed by atoms with van der Waals surface area (Å²) in [5, 5.41) is 0. The van der Waals surface area contributed by atoms with Crippen molar-refractivity contribution in [2.75, 3.05) is 26.3 Å². The number of allylic oxidation sites excluding steroid dienone is 5. The molecule has 0 aromatic rings. The molecule has 6 aliphatic carbocycles.